The summed E-state index contributed by atoms with van der Waals surface area (Å²) in [5, 5.41) is 13.5. The van der Waals surface area contributed by atoms with Crippen LogP contribution in [0.15, 0.2) is 11.4 Å². The first-order valence-electron chi connectivity index (χ1n) is 6.54. The molecule has 96 valence electrons. The zero-order valence-electron chi connectivity index (χ0n) is 10.4. The van der Waals surface area contributed by atoms with Crippen molar-refractivity contribution in [1.29, 1.82) is 5.26 Å². The molecular formula is C14H18N2OS. The third-order valence-electron chi connectivity index (χ3n) is 3.38. The minimum absolute atomic E-state index is 0.0518. The number of thiophene rings is 1. The maximum atomic E-state index is 12.1. The molecule has 0 radical (unpaired) electrons. The van der Waals surface area contributed by atoms with Gasteiger partial charge in [0.15, 0.2) is 0 Å². The van der Waals surface area contributed by atoms with Crippen molar-refractivity contribution in [2.45, 2.75) is 44.4 Å². The molecule has 0 fully saturated rings. The number of hydrogen-bond acceptors (Lipinski definition) is 3. The Labute approximate surface area is 112 Å². The Morgan fingerprint density at radius 3 is 3.28 bits per heavy atom. The van der Waals surface area contributed by atoms with Crippen LogP contribution in [-0.2, 0) is 11.2 Å². The van der Waals surface area contributed by atoms with Crippen LogP contribution in [0, 0.1) is 11.3 Å². The summed E-state index contributed by atoms with van der Waals surface area (Å²) < 4.78 is 0. The van der Waals surface area contributed by atoms with Gasteiger partial charge in [-0.05, 0) is 49.1 Å². The highest BCUT2D eigenvalue weighted by Crippen LogP contribution is 2.34. The van der Waals surface area contributed by atoms with Crippen molar-refractivity contribution >= 4 is 17.2 Å². The van der Waals surface area contributed by atoms with Gasteiger partial charge in [-0.3, -0.25) is 4.79 Å². The maximum absolute atomic E-state index is 12.1. The largest absolute Gasteiger partial charge is 0.356 e. The lowest BCUT2D eigenvalue weighted by atomic mass is 9.87. The molecule has 2 rings (SSSR count). The van der Waals surface area contributed by atoms with Crippen LogP contribution in [0.4, 0.5) is 0 Å². The molecule has 1 aromatic heterocycles. The number of nitrogens with zero attached hydrogens (tertiary/aromatic N) is 1. The van der Waals surface area contributed by atoms with E-state index in [-0.39, 0.29) is 11.8 Å². The third kappa shape index (κ3) is 3.11. The van der Waals surface area contributed by atoms with E-state index in [1.54, 1.807) is 11.3 Å². The molecule has 1 aliphatic rings. The van der Waals surface area contributed by atoms with Crippen LogP contribution in [0.1, 0.15) is 48.5 Å². The number of carbonyl (C=O) groups excluding carboxylic acids is 1. The Hall–Kier alpha value is -1.34. The van der Waals surface area contributed by atoms with E-state index in [0.717, 1.165) is 32.1 Å². The van der Waals surface area contributed by atoms with Crippen LogP contribution in [0.5, 0.6) is 0 Å². The molecule has 1 atom stereocenters. The van der Waals surface area contributed by atoms with E-state index in [0.29, 0.717) is 13.0 Å². The molecule has 3 nitrogen and oxygen atoms in total. The highest BCUT2D eigenvalue weighted by molar-refractivity contribution is 7.10. The summed E-state index contributed by atoms with van der Waals surface area (Å²) in [7, 11) is 0. The minimum atomic E-state index is 0.0518. The molecule has 1 heterocycles. The summed E-state index contributed by atoms with van der Waals surface area (Å²) in [6.07, 6.45) is 5.54. The number of aryl methyl sites for hydroxylation is 1. The van der Waals surface area contributed by atoms with Crippen molar-refractivity contribution < 1.29 is 4.79 Å². The number of carbonyl (C=O) groups is 1. The van der Waals surface area contributed by atoms with Gasteiger partial charge < -0.3 is 5.32 Å². The van der Waals surface area contributed by atoms with Gasteiger partial charge in [-0.25, -0.2) is 0 Å². The van der Waals surface area contributed by atoms with Crippen LogP contribution in [0.3, 0.4) is 0 Å². The first-order valence-corrected chi connectivity index (χ1v) is 7.42. The summed E-state index contributed by atoms with van der Waals surface area (Å²) in [5.74, 6) is 0.210. The first kappa shape index (κ1) is 13.1. The zero-order valence-corrected chi connectivity index (χ0v) is 11.3. The number of rotatable bonds is 5. The number of nitriles is 1. The second kappa shape index (κ2) is 6.55. The number of unbranched alkanes of at least 4 members (excludes halogenated alkanes) is 2. The van der Waals surface area contributed by atoms with Crippen molar-refractivity contribution in [3.8, 4) is 6.07 Å². The highest BCUT2D eigenvalue weighted by atomic mass is 32.1. The molecule has 0 aromatic carbocycles. The van der Waals surface area contributed by atoms with Crippen LogP contribution in [-0.4, -0.2) is 12.5 Å². The van der Waals surface area contributed by atoms with E-state index in [2.05, 4.69) is 22.8 Å². The van der Waals surface area contributed by atoms with Gasteiger partial charge >= 0.3 is 0 Å². The van der Waals surface area contributed by atoms with Gasteiger partial charge in [0, 0.05) is 17.8 Å². The molecule has 0 spiro atoms. The summed E-state index contributed by atoms with van der Waals surface area (Å²) in [5.41, 5.74) is 1.24. The molecule has 4 heteroatoms. The predicted octanol–water partition coefficient (Wildman–Crippen LogP) is 2.98. The maximum Gasteiger partial charge on any atom is 0.227 e. The second-order valence-electron chi connectivity index (χ2n) is 4.65. The Bertz CT molecular complexity index is 447. The fraction of sp³-hybridized carbons (Fsp3) is 0.571. The van der Waals surface area contributed by atoms with Gasteiger partial charge in [-0.15, -0.1) is 11.3 Å². The van der Waals surface area contributed by atoms with E-state index in [9.17, 15) is 4.79 Å². The molecule has 0 saturated heterocycles. The number of amides is 1. The fourth-order valence-corrected chi connectivity index (χ4v) is 3.41. The number of fused-ring (bicyclic) bond motifs is 1. The standard InChI is InChI=1S/C14H18N2OS/c15-8-2-1-3-9-16-14(17)12-5-4-6-13-11(12)7-10-18-13/h7,10,12H,1-6,9H2,(H,16,17). The van der Waals surface area contributed by atoms with E-state index >= 15 is 0 Å². The van der Waals surface area contributed by atoms with E-state index in [1.165, 1.54) is 10.4 Å². The average Bonchev–Trinajstić information content (AvgIpc) is 2.86. The second-order valence-corrected chi connectivity index (χ2v) is 5.65. The molecule has 0 aliphatic heterocycles. The first-order chi connectivity index (χ1) is 8.83. The van der Waals surface area contributed by atoms with Crippen LogP contribution < -0.4 is 5.32 Å². The Morgan fingerprint density at radius 1 is 1.56 bits per heavy atom. The van der Waals surface area contributed by atoms with Crippen molar-refractivity contribution in [2.75, 3.05) is 6.54 Å². The lowest BCUT2D eigenvalue weighted by Crippen LogP contribution is -2.31. The quantitative estimate of drug-likeness (QED) is 0.829. The lowest BCUT2D eigenvalue weighted by molar-refractivity contribution is -0.122. The van der Waals surface area contributed by atoms with Crippen LogP contribution in [0.25, 0.3) is 0 Å². The van der Waals surface area contributed by atoms with Gasteiger partial charge in [0.25, 0.3) is 0 Å². The Balaban J connectivity index is 1.82. The molecular weight excluding hydrogens is 244 g/mol. The molecule has 18 heavy (non-hydrogen) atoms. The fourth-order valence-electron chi connectivity index (χ4n) is 2.42. The van der Waals surface area contributed by atoms with E-state index < -0.39 is 0 Å². The van der Waals surface area contributed by atoms with Crippen molar-refractivity contribution in [3.63, 3.8) is 0 Å². The van der Waals surface area contributed by atoms with Gasteiger partial charge in [-0.2, -0.15) is 5.26 Å². The van der Waals surface area contributed by atoms with Gasteiger partial charge in [0.05, 0.1) is 12.0 Å². The van der Waals surface area contributed by atoms with Gasteiger partial charge in [0.1, 0.15) is 0 Å². The summed E-state index contributed by atoms with van der Waals surface area (Å²) >= 11 is 1.77. The third-order valence-corrected chi connectivity index (χ3v) is 4.38. The van der Waals surface area contributed by atoms with E-state index in [4.69, 9.17) is 5.26 Å². The Morgan fingerprint density at radius 2 is 2.44 bits per heavy atom. The van der Waals surface area contributed by atoms with E-state index in [1.807, 2.05) is 0 Å². The SMILES string of the molecule is N#CCCCCNC(=O)C1CCCc2sccc21. The zero-order chi connectivity index (χ0) is 12.8. The summed E-state index contributed by atoms with van der Waals surface area (Å²) in [6, 6.07) is 4.21. The predicted molar refractivity (Wildman–Crippen MR) is 72.5 cm³/mol. The van der Waals surface area contributed by atoms with Gasteiger partial charge in [-0.1, -0.05) is 0 Å². The van der Waals surface area contributed by atoms with Crippen molar-refractivity contribution in [1.82, 2.24) is 5.32 Å². The van der Waals surface area contributed by atoms with Crippen molar-refractivity contribution in [2.24, 2.45) is 0 Å². The minimum Gasteiger partial charge on any atom is -0.356 e. The van der Waals surface area contributed by atoms with Crippen LogP contribution in [0.2, 0.25) is 0 Å². The number of nitrogens with one attached hydrogen (secondary N) is 1. The Kier molecular flexibility index (Phi) is 4.77. The molecule has 1 N–H and O–H groups in total. The average molecular weight is 262 g/mol. The molecule has 1 aromatic rings. The lowest BCUT2D eigenvalue weighted by Gasteiger charge is -2.21. The summed E-state index contributed by atoms with van der Waals surface area (Å²) in [6.45, 7) is 0.691. The normalized spacial score (nSPS) is 17.8. The monoisotopic (exact) mass is 262 g/mol. The highest BCUT2D eigenvalue weighted by Gasteiger charge is 2.26. The number of hydrogen-bond donors (Lipinski definition) is 1. The molecule has 0 bridgehead atoms. The summed E-state index contributed by atoms with van der Waals surface area (Å²) in [4.78, 5) is 13.5. The molecule has 0 saturated carbocycles. The topological polar surface area (TPSA) is 52.9 Å². The van der Waals surface area contributed by atoms with Crippen molar-refractivity contribution in [3.05, 3.63) is 21.9 Å². The van der Waals surface area contributed by atoms with Gasteiger partial charge in [0.2, 0.25) is 5.91 Å². The smallest absolute Gasteiger partial charge is 0.227 e. The molecule has 1 amide bonds. The molecule has 1 aliphatic carbocycles. The van der Waals surface area contributed by atoms with Crippen LogP contribution >= 0.6 is 11.3 Å². The molecule has 1 unspecified atom stereocenters.